The first-order chi connectivity index (χ1) is 12.6. The highest BCUT2D eigenvalue weighted by Crippen LogP contribution is 2.16. The van der Waals surface area contributed by atoms with Crippen molar-refractivity contribution in [2.75, 3.05) is 7.11 Å². The van der Waals surface area contributed by atoms with Crippen molar-refractivity contribution in [3.05, 3.63) is 81.3 Å². The Kier molecular flexibility index (Phi) is 5.60. The molecule has 2 aromatic carbocycles. The first-order valence-electron chi connectivity index (χ1n) is 7.69. The van der Waals surface area contributed by atoms with Crippen molar-refractivity contribution in [2.45, 2.75) is 6.54 Å². The minimum Gasteiger partial charge on any atom is -0.465 e. The summed E-state index contributed by atoms with van der Waals surface area (Å²) in [6.07, 6.45) is 3.18. The number of hydrogen-bond acceptors (Lipinski definition) is 5. The van der Waals surface area contributed by atoms with Crippen LogP contribution in [0.25, 0.3) is 0 Å². The molecule has 1 aromatic heterocycles. The predicted molar refractivity (Wildman–Crippen MR) is 102 cm³/mol. The van der Waals surface area contributed by atoms with Crippen molar-refractivity contribution in [1.29, 1.82) is 0 Å². The Balaban J connectivity index is 1.76. The lowest BCUT2D eigenvalue weighted by molar-refractivity contribution is 0.0600. The number of aromatic nitrogens is 3. The fraction of sp³-hybridized carbons (Fsp3) is 0.111. The highest BCUT2D eigenvalue weighted by Gasteiger charge is 2.05. The molecule has 0 atom stereocenters. The van der Waals surface area contributed by atoms with Crippen LogP contribution in [-0.2, 0) is 11.3 Å². The molecule has 6 nitrogen and oxygen atoms in total. The third-order valence-electron chi connectivity index (χ3n) is 3.66. The molecular weight excluding hydrogens is 372 g/mol. The summed E-state index contributed by atoms with van der Waals surface area (Å²) in [4.78, 5) is 11.4. The van der Waals surface area contributed by atoms with E-state index in [0.717, 1.165) is 11.1 Å². The van der Waals surface area contributed by atoms with Gasteiger partial charge in [-0.3, -0.25) is 0 Å². The van der Waals surface area contributed by atoms with Crippen molar-refractivity contribution in [3.63, 3.8) is 0 Å². The molecule has 0 radical (unpaired) electrons. The number of rotatable bonds is 5. The van der Waals surface area contributed by atoms with Gasteiger partial charge in [-0.1, -0.05) is 41.9 Å². The number of halogens is 1. The van der Waals surface area contributed by atoms with Crippen molar-refractivity contribution >= 4 is 36.0 Å². The van der Waals surface area contributed by atoms with Gasteiger partial charge in [0.2, 0.25) is 4.77 Å². The molecule has 0 aliphatic carbocycles. The number of nitrogens with zero attached hydrogens (tertiary/aromatic N) is 4. The van der Waals surface area contributed by atoms with Crippen LogP contribution in [0.2, 0.25) is 5.02 Å². The maximum Gasteiger partial charge on any atom is 0.337 e. The second-order valence-corrected chi connectivity index (χ2v) is 6.14. The molecule has 0 spiro atoms. The highest BCUT2D eigenvalue weighted by atomic mass is 35.5. The summed E-state index contributed by atoms with van der Waals surface area (Å²) in [5.41, 5.74) is 2.23. The molecule has 0 N–H and O–H groups in total. The summed E-state index contributed by atoms with van der Waals surface area (Å²) < 4.78 is 8.27. The second kappa shape index (κ2) is 8.07. The van der Waals surface area contributed by atoms with Crippen LogP contribution in [0, 0.1) is 4.77 Å². The molecule has 26 heavy (non-hydrogen) atoms. The summed E-state index contributed by atoms with van der Waals surface area (Å²) in [6, 6.07) is 14.4. The Labute approximate surface area is 160 Å². The fourth-order valence-corrected chi connectivity index (χ4v) is 2.66. The van der Waals surface area contributed by atoms with Gasteiger partial charge in [-0.15, -0.1) is 0 Å². The van der Waals surface area contributed by atoms with E-state index in [1.807, 2.05) is 24.3 Å². The Morgan fingerprint density at radius 2 is 2.00 bits per heavy atom. The molecule has 8 heteroatoms. The topological polar surface area (TPSA) is 61.4 Å². The Morgan fingerprint density at radius 3 is 2.69 bits per heavy atom. The second-order valence-electron chi connectivity index (χ2n) is 5.37. The zero-order valence-electron chi connectivity index (χ0n) is 13.9. The zero-order chi connectivity index (χ0) is 18.5. The average molecular weight is 387 g/mol. The van der Waals surface area contributed by atoms with Gasteiger partial charge in [0.1, 0.15) is 6.33 Å². The molecule has 0 saturated heterocycles. The smallest absolute Gasteiger partial charge is 0.337 e. The third kappa shape index (κ3) is 4.07. The van der Waals surface area contributed by atoms with Gasteiger partial charge in [-0.25, -0.2) is 9.48 Å². The number of carbonyl (C=O) groups excluding carboxylic acids is 1. The van der Waals surface area contributed by atoms with Crippen LogP contribution < -0.4 is 0 Å². The molecular formula is C18H15ClN4O2S. The molecule has 3 rings (SSSR count). The van der Waals surface area contributed by atoms with Crippen LogP contribution in [0.5, 0.6) is 0 Å². The fourth-order valence-electron chi connectivity index (χ4n) is 2.26. The number of carbonyl (C=O) groups is 1. The summed E-state index contributed by atoms with van der Waals surface area (Å²) in [5, 5.41) is 9.23. The van der Waals surface area contributed by atoms with Crippen molar-refractivity contribution in [2.24, 2.45) is 5.10 Å². The summed E-state index contributed by atoms with van der Waals surface area (Å²) >= 11 is 11.6. The SMILES string of the molecule is COC(=O)c1ccc(/C=N/n2cnn(Cc3ccccc3Cl)c2=S)cc1. The first-order valence-corrected chi connectivity index (χ1v) is 8.47. The minimum atomic E-state index is -0.378. The average Bonchev–Trinajstić information content (AvgIpc) is 3.01. The van der Waals surface area contributed by atoms with Gasteiger partial charge in [0.05, 0.1) is 25.4 Å². The van der Waals surface area contributed by atoms with Crippen LogP contribution in [-0.4, -0.2) is 33.8 Å². The Bertz CT molecular complexity index is 1010. The molecule has 0 fully saturated rings. The molecule has 1 heterocycles. The lowest BCUT2D eigenvalue weighted by atomic mass is 10.1. The molecule has 3 aromatic rings. The normalized spacial score (nSPS) is 11.0. The van der Waals surface area contributed by atoms with E-state index in [4.69, 9.17) is 23.8 Å². The lowest BCUT2D eigenvalue weighted by Crippen LogP contribution is -2.03. The van der Waals surface area contributed by atoms with E-state index in [2.05, 4.69) is 14.9 Å². The maximum atomic E-state index is 11.4. The summed E-state index contributed by atoms with van der Waals surface area (Å²) in [6.45, 7) is 0.467. The van der Waals surface area contributed by atoms with Crippen molar-refractivity contribution < 1.29 is 9.53 Å². The summed E-state index contributed by atoms with van der Waals surface area (Å²) in [5.74, 6) is -0.378. The van der Waals surface area contributed by atoms with Gasteiger partial charge in [0.25, 0.3) is 0 Å². The van der Waals surface area contributed by atoms with Crippen LogP contribution in [0.1, 0.15) is 21.5 Å². The number of hydrogen-bond donors (Lipinski definition) is 0. The highest BCUT2D eigenvalue weighted by molar-refractivity contribution is 7.71. The minimum absolute atomic E-state index is 0.378. The molecule has 0 amide bonds. The third-order valence-corrected chi connectivity index (χ3v) is 4.42. The monoisotopic (exact) mass is 386 g/mol. The van der Waals surface area contributed by atoms with E-state index >= 15 is 0 Å². The summed E-state index contributed by atoms with van der Waals surface area (Å²) in [7, 11) is 1.35. The molecule has 0 saturated carbocycles. The molecule has 0 unspecified atom stereocenters. The first kappa shape index (κ1) is 18.0. The maximum absolute atomic E-state index is 11.4. The van der Waals surface area contributed by atoms with Crippen LogP contribution in [0.15, 0.2) is 60.0 Å². The van der Waals surface area contributed by atoms with Gasteiger partial charge in [0, 0.05) is 5.02 Å². The van der Waals surface area contributed by atoms with Crippen LogP contribution in [0.4, 0.5) is 0 Å². The van der Waals surface area contributed by atoms with Gasteiger partial charge in [0.15, 0.2) is 0 Å². The largest absolute Gasteiger partial charge is 0.465 e. The van der Waals surface area contributed by atoms with Crippen LogP contribution >= 0.6 is 23.8 Å². The van der Waals surface area contributed by atoms with E-state index in [-0.39, 0.29) is 5.97 Å². The van der Waals surface area contributed by atoms with Crippen LogP contribution in [0.3, 0.4) is 0 Å². The number of benzene rings is 2. The Hall–Kier alpha value is -2.77. The predicted octanol–water partition coefficient (Wildman–Crippen LogP) is 3.78. The van der Waals surface area contributed by atoms with Gasteiger partial charge in [-0.05, 0) is 41.5 Å². The Morgan fingerprint density at radius 1 is 1.27 bits per heavy atom. The number of methoxy groups -OCH3 is 1. The molecule has 0 aliphatic rings. The van der Waals surface area contributed by atoms with E-state index in [0.29, 0.717) is 21.9 Å². The molecule has 0 aliphatic heterocycles. The van der Waals surface area contributed by atoms with Gasteiger partial charge in [-0.2, -0.15) is 14.9 Å². The molecule has 0 bridgehead atoms. The quantitative estimate of drug-likeness (QED) is 0.380. The lowest BCUT2D eigenvalue weighted by Gasteiger charge is -2.03. The van der Waals surface area contributed by atoms with E-state index < -0.39 is 0 Å². The van der Waals surface area contributed by atoms with E-state index in [9.17, 15) is 4.79 Å². The van der Waals surface area contributed by atoms with E-state index in [1.54, 1.807) is 41.5 Å². The number of esters is 1. The van der Waals surface area contributed by atoms with Crippen molar-refractivity contribution in [1.82, 2.24) is 14.5 Å². The van der Waals surface area contributed by atoms with Crippen molar-refractivity contribution in [3.8, 4) is 0 Å². The molecule has 132 valence electrons. The zero-order valence-corrected chi connectivity index (χ0v) is 15.4. The van der Waals surface area contributed by atoms with Gasteiger partial charge >= 0.3 is 5.97 Å². The number of ether oxygens (including phenoxy) is 1. The van der Waals surface area contributed by atoms with Gasteiger partial charge < -0.3 is 4.74 Å². The standard InChI is InChI=1S/C18H15ClN4O2S/c1-25-17(24)14-8-6-13(7-9-14)10-20-23-12-21-22(18(23)26)11-15-4-2-3-5-16(15)19/h2-10,12H,11H2,1H3/b20-10+. The van der Waals surface area contributed by atoms with E-state index in [1.165, 1.54) is 11.8 Å².